The maximum absolute atomic E-state index is 15.3. The number of benzene rings is 2. The molecule has 1 fully saturated rings. The summed E-state index contributed by atoms with van der Waals surface area (Å²) in [6.45, 7) is 0.755. The number of nitrogens with two attached hydrogens (primary N) is 2. The number of carbonyl (C=O) groups is 2. The molecule has 40 heavy (non-hydrogen) atoms. The summed E-state index contributed by atoms with van der Waals surface area (Å²) in [6, 6.07) is 11.5. The maximum atomic E-state index is 15.3. The molecule has 2 heterocycles. The van der Waals surface area contributed by atoms with Crippen molar-refractivity contribution in [3.05, 3.63) is 75.0 Å². The van der Waals surface area contributed by atoms with Crippen molar-refractivity contribution in [1.29, 1.82) is 0 Å². The molecule has 0 saturated carbocycles. The largest absolute Gasteiger partial charge is 0.369 e. The van der Waals surface area contributed by atoms with E-state index in [1.165, 1.54) is 30.3 Å². The Labute approximate surface area is 239 Å². The summed E-state index contributed by atoms with van der Waals surface area (Å²) in [5, 5.41) is 6.22. The standard InChI is InChI=1S/C25H24ClFN4O6S3/c1-15(21-8-9-23(26)38-21)14-39(34,35)31(13-24(28)32)20-10-11-30(25(20)33)19-7-6-16(12-18(19)27)17-4-2-3-5-22(17)40(29,36)37/h2-9,12,14,20H,10-11,13H2,1H3,(H2,28,32)(H2,29,36,37)/b15-14+/t20-/m0/s1. The molecule has 0 aliphatic carbocycles. The van der Waals surface area contributed by atoms with Gasteiger partial charge >= 0.3 is 0 Å². The van der Waals surface area contributed by atoms with Gasteiger partial charge in [0.2, 0.25) is 31.9 Å². The predicted octanol–water partition coefficient (Wildman–Crippen LogP) is 3.14. The van der Waals surface area contributed by atoms with Crippen LogP contribution in [0.3, 0.4) is 0 Å². The molecule has 0 bridgehead atoms. The molecular weight excluding hydrogens is 603 g/mol. The van der Waals surface area contributed by atoms with Crippen molar-refractivity contribution < 1.29 is 30.8 Å². The monoisotopic (exact) mass is 626 g/mol. The Morgan fingerprint density at radius 2 is 1.88 bits per heavy atom. The van der Waals surface area contributed by atoms with Crippen LogP contribution in [-0.4, -0.2) is 52.1 Å². The quantitative estimate of drug-likeness (QED) is 0.371. The summed E-state index contributed by atoms with van der Waals surface area (Å²) in [5.74, 6) is -2.55. The van der Waals surface area contributed by atoms with Crippen molar-refractivity contribution in [3.63, 3.8) is 0 Å². The van der Waals surface area contributed by atoms with Crippen LogP contribution < -0.4 is 15.8 Å². The number of amides is 2. The Bertz CT molecular complexity index is 1740. The maximum Gasteiger partial charge on any atom is 0.245 e. The number of primary sulfonamides is 1. The molecule has 4 N–H and O–H groups in total. The molecule has 0 unspecified atom stereocenters. The van der Waals surface area contributed by atoms with Gasteiger partial charge < -0.3 is 10.6 Å². The molecule has 1 aromatic heterocycles. The third kappa shape index (κ3) is 6.27. The van der Waals surface area contributed by atoms with Gasteiger partial charge in [-0.05, 0) is 54.8 Å². The highest BCUT2D eigenvalue weighted by Crippen LogP contribution is 2.34. The van der Waals surface area contributed by atoms with E-state index in [1.807, 2.05) is 0 Å². The smallest absolute Gasteiger partial charge is 0.245 e. The Hall–Kier alpha value is -3.14. The van der Waals surface area contributed by atoms with Crippen LogP contribution in [-0.2, 0) is 29.6 Å². The van der Waals surface area contributed by atoms with Crippen LogP contribution in [0.5, 0.6) is 0 Å². The van der Waals surface area contributed by atoms with E-state index in [0.29, 0.717) is 19.1 Å². The molecule has 1 aliphatic rings. The Balaban J connectivity index is 1.65. The molecule has 1 aliphatic heterocycles. The van der Waals surface area contributed by atoms with E-state index in [1.54, 1.807) is 25.1 Å². The number of nitrogens with zero attached hydrogens (tertiary/aromatic N) is 2. The average Bonchev–Trinajstić information content (AvgIpc) is 3.47. The normalized spacial score (nSPS) is 16.6. The fourth-order valence-corrected chi connectivity index (χ4v) is 7.84. The van der Waals surface area contributed by atoms with Crippen molar-refractivity contribution in [1.82, 2.24) is 4.31 Å². The number of thiophene rings is 1. The van der Waals surface area contributed by atoms with E-state index in [2.05, 4.69) is 0 Å². The number of halogens is 2. The lowest BCUT2D eigenvalue weighted by Crippen LogP contribution is -2.48. The van der Waals surface area contributed by atoms with Crippen LogP contribution in [0.1, 0.15) is 18.2 Å². The number of primary amides is 1. The fraction of sp³-hybridized carbons (Fsp3) is 0.200. The van der Waals surface area contributed by atoms with E-state index < -0.39 is 50.3 Å². The van der Waals surface area contributed by atoms with Crippen molar-refractivity contribution in [2.75, 3.05) is 18.0 Å². The number of anilines is 1. The molecular formula is C25H24ClFN4O6S3. The molecule has 212 valence electrons. The van der Waals surface area contributed by atoms with E-state index in [0.717, 1.165) is 27.7 Å². The van der Waals surface area contributed by atoms with Gasteiger partial charge in [0.15, 0.2) is 0 Å². The Morgan fingerprint density at radius 3 is 2.48 bits per heavy atom. The molecule has 2 aromatic carbocycles. The highest BCUT2D eigenvalue weighted by molar-refractivity contribution is 7.92. The highest BCUT2D eigenvalue weighted by atomic mass is 35.5. The number of allylic oxidation sites excluding steroid dienone is 1. The Kier molecular flexibility index (Phi) is 8.49. The second kappa shape index (κ2) is 11.4. The van der Waals surface area contributed by atoms with Crippen LogP contribution in [0.25, 0.3) is 16.7 Å². The molecule has 4 rings (SSSR count). The summed E-state index contributed by atoms with van der Waals surface area (Å²) in [6.07, 6.45) is -0.0293. The summed E-state index contributed by atoms with van der Waals surface area (Å²) < 4.78 is 67.1. The van der Waals surface area contributed by atoms with Gasteiger partial charge in [-0.3, -0.25) is 9.59 Å². The first-order chi connectivity index (χ1) is 18.7. The van der Waals surface area contributed by atoms with Gasteiger partial charge in [0.1, 0.15) is 11.9 Å². The zero-order valence-corrected chi connectivity index (χ0v) is 24.2. The summed E-state index contributed by atoms with van der Waals surface area (Å²) >= 11 is 7.11. The van der Waals surface area contributed by atoms with Crippen LogP contribution in [0, 0.1) is 5.82 Å². The molecule has 1 saturated heterocycles. The minimum atomic E-state index is -4.33. The fourth-order valence-electron chi connectivity index (χ4n) is 4.42. The molecule has 10 nitrogen and oxygen atoms in total. The van der Waals surface area contributed by atoms with Crippen molar-refractivity contribution >= 4 is 66.1 Å². The third-order valence-corrected chi connectivity index (χ3v) is 10.2. The van der Waals surface area contributed by atoms with E-state index >= 15 is 4.39 Å². The van der Waals surface area contributed by atoms with Gasteiger partial charge in [0, 0.05) is 17.0 Å². The van der Waals surface area contributed by atoms with Crippen molar-refractivity contribution in [3.8, 4) is 11.1 Å². The second-order valence-corrected chi connectivity index (χ2v) is 13.9. The summed E-state index contributed by atoms with van der Waals surface area (Å²) in [5.41, 5.74) is 5.90. The zero-order chi connectivity index (χ0) is 29.4. The SMILES string of the molecule is C/C(=C\S(=O)(=O)N(CC(N)=O)[C@H]1CCN(c2ccc(-c3ccccc3S(N)(=O)=O)cc2F)C1=O)c1ccc(Cl)s1. The van der Waals surface area contributed by atoms with Gasteiger partial charge in [-0.2, -0.15) is 4.31 Å². The molecule has 15 heteroatoms. The molecule has 1 atom stereocenters. The minimum Gasteiger partial charge on any atom is -0.369 e. The van der Waals surface area contributed by atoms with Crippen LogP contribution >= 0.6 is 22.9 Å². The summed E-state index contributed by atoms with van der Waals surface area (Å²) in [7, 11) is -8.42. The average molecular weight is 627 g/mol. The molecule has 0 radical (unpaired) electrons. The van der Waals surface area contributed by atoms with Gasteiger partial charge in [-0.1, -0.05) is 35.9 Å². The molecule has 2 amide bonds. The van der Waals surface area contributed by atoms with Crippen molar-refractivity contribution in [2.24, 2.45) is 10.9 Å². The van der Waals surface area contributed by atoms with Crippen LogP contribution in [0.2, 0.25) is 4.34 Å². The second-order valence-electron chi connectivity index (χ2n) is 8.96. The topological polar surface area (TPSA) is 161 Å². The van der Waals surface area contributed by atoms with E-state index in [9.17, 15) is 26.4 Å². The predicted molar refractivity (Wildman–Crippen MR) is 152 cm³/mol. The summed E-state index contributed by atoms with van der Waals surface area (Å²) in [4.78, 5) is 26.7. The number of carbonyl (C=O) groups excluding carboxylic acids is 2. The lowest BCUT2D eigenvalue weighted by atomic mass is 10.0. The van der Waals surface area contributed by atoms with Gasteiger partial charge in [-0.15, -0.1) is 11.3 Å². The zero-order valence-electron chi connectivity index (χ0n) is 21.0. The molecule has 0 spiro atoms. The van der Waals surface area contributed by atoms with Gasteiger partial charge in [-0.25, -0.2) is 26.4 Å². The van der Waals surface area contributed by atoms with Gasteiger partial charge in [0.05, 0.1) is 26.9 Å². The molecule has 3 aromatic rings. The highest BCUT2D eigenvalue weighted by Gasteiger charge is 2.42. The first-order valence-corrected chi connectivity index (χ1v) is 15.9. The Morgan fingerprint density at radius 1 is 1.18 bits per heavy atom. The van der Waals surface area contributed by atoms with Crippen LogP contribution in [0.4, 0.5) is 10.1 Å². The van der Waals surface area contributed by atoms with E-state index in [-0.39, 0.29) is 34.7 Å². The van der Waals surface area contributed by atoms with Crippen molar-refractivity contribution in [2.45, 2.75) is 24.3 Å². The lowest BCUT2D eigenvalue weighted by molar-refractivity contribution is -0.122. The number of sulfonamides is 2. The van der Waals surface area contributed by atoms with Gasteiger partial charge in [0.25, 0.3) is 0 Å². The number of rotatable bonds is 9. The van der Waals surface area contributed by atoms with Crippen LogP contribution in [0.15, 0.2) is 64.9 Å². The minimum absolute atomic E-state index is 0.0293. The third-order valence-electron chi connectivity index (χ3n) is 6.19. The van der Waals surface area contributed by atoms with E-state index in [4.69, 9.17) is 22.5 Å². The lowest BCUT2D eigenvalue weighted by Gasteiger charge is -2.25. The number of hydrogen-bond donors (Lipinski definition) is 2. The number of hydrogen-bond acceptors (Lipinski definition) is 7. The first kappa shape index (κ1) is 29.8. The first-order valence-electron chi connectivity index (χ1n) is 11.7.